The number of methoxy groups -OCH3 is 1. The Labute approximate surface area is 152 Å². The van der Waals surface area contributed by atoms with Gasteiger partial charge in [0.1, 0.15) is 6.61 Å². The normalized spacial score (nSPS) is 12.0. The molecule has 0 saturated heterocycles. The van der Waals surface area contributed by atoms with Crippen LogP contribution in [0.4, 0.5) is 0 Å². The average molecular weight is 370 g/mol. The number of rotatable bonds is 8. The Morgan fingerprint density at radius 1 is 1.17 bits per heavy atom. The van der Waals surface area contributed by atoms with E-state index in [9.17, 15) is 5.11 Å². The first kappa shape index (κ1) is 18.9. The number of aliphatic hydroxyl groups is 1. The Bertz CT molecular complexity index is 677. The number of hydrogen-bond donors (Lipinski definition) is 2. The van der Waals surface area contributed by atoms with Gasteiger partial charge < -0.3 is 19.9 Å². The van der Waals surface area contributed by atoms with Crippen LogP contribution in [0, 0.1) is 0 Å². The molecule has 0 aromatic heterocycles. The molecule has 0 heterocycles. The SMILES string of the molecule is COc1cccc(CNCC(C)O)c1OCc1ccc(Cl)c(Cl)c1. The predicted octanol–water partition coefficient (Wildman–Crippen LogP) is 4.05. The topological polar surface area (TPSA) is 50.7 Å². The number of ether oxygens (including phenoxy) is 2. The minimum atomic E-state index is -0.406. The molecule has 2 N–H and O–H groups in total. The molecular formula is C18H21Cl2NO3. The standard InChI is InChI=1S/C18H21Cl2NO3/c1-12(22)9-21-10-14-4-3-5-17(23-2)18(14)24-11-13-6-7-15(19)16(20)8-13/h3-8,12,21-22H,9-11H2,1-2H3. The highest BCUT2D eigenvalue weighted by molar-refractivity contribution is 6.42. The van der Waals surface area contributed by atoms with Crippen LogP contribution >= 0.6 is 23.2 Å². The Morgan fingerprint density at radius 3 is 2.62 bits per heavy atom. The molecule has 0 amide bonds. The van der Waals surface area contributed by atoms with Gasteiger partial charge >= 0.3 is 0 Å². The van der Waals surface area contributed by atoms with Crippen molar-refractivity contribution in [2.45, 2.75) is 26.2 Å². The number of nitrogens with one attached hydrogen (secondary N) is 1. The van der Waals surface area contributed by atoms with Gasteiger partial charge in [0.15, 0.2) is 11.5 Å². The van der Waals surface area contributed by atoms with Crippen LogP contribution in [0.15, 0.2) is 36.4 Å². The van der Waals surface area contributed by atoms with Gasteiger partial charge in [0.2, 0.25) is 0 Å². The van der Waals surface area contributed by atoms with Crippen molar-refractivity contribution in [2.75, 3.05) is 13.7 Å². The van der Waals surface area contributed by atoms with Crippen molar-refractivity contribution >= 4 is 23.2 Å². The van der Waals surface area contributed by atoms with Crippen LogP contribution in [0.1, 0.15) is 18.1 Å². The Morgan fingerprint density at radius 2 is 1.96 bits per heavy atom. The van der Waals surface area contributed by atoms with Crippen molar-refractivity contribution < 1.29 is 14.6 Å². The Kier molecular flexibility index (Phi) is 7.18. The molecule has 1 unspecified atom stereocenters. The number of hydrogen-bond acceptors (Lipinski definition) is 4. The summed E-state index contributed by atoms with van der Waals surface area (Å²) in [7, 11) is 1.61. The van der Waals surface area contributed by atoms with Gasteiger partial charge in [-0.2, -0.15) is 0 Å². The maximum absolute atomic E-state index is 9.36. The summed E-state index contributed by atoms with van der Waals surface area (Å²) >= 11 is 12.0. The molecule has 1 atom stereocenters. The summed E-state index contributed by atoms with van der Waals surface area (Å²) in [4.78, 5) is 0. The maximum atomic E-state index is 9.36. The Balaban J connectivity index is 2.12. The van der Waals surface area contributed by atoms with Crippen LogP contribution in [0.25, 0.3) is 0 Å². The first-order valence-electron chi connectivity index (χ1n) is 7.62. The number of benzene rings is 2. The van der Waals surface area contributed by atoms with E-state index < -0.39 is 6.10 Å². The minimum Gasteiger partial charge on any atom is -0.493 e. The van der Waals surface area contributed by atoms with Gasteiger partial charge in [0, 0.05) is 18.7 Å². The molecule has 0 aliphatic heterocycles. The third kappa shape index (κ3) is 5.28. The van der Waals surface area contributed by atoms with E-state index in [1.54, 1.807) is 26.2 Å². The maximum Gasteiger partial charge on any atom is 0.166 e. The fourth-order valence-corrected chi connectivity index (χ4v) is 2.55. The molecule has 4 nitrogen and oxygen atoms in total. The highest BCUT2D eigenvalue weighted by Gasteiger charge is 2.11. The lowest BCUT2D eigenvalue weighted by Gasteiger charge is -2.16. The number of para-hydroxylation sites is 1. The summed E-state index contributed by atoms with van der Waals surface area (Å²) in [5.41, 5.74) is 1.87. The molecule has 0 radical (unpaired) electrons. The van der Waals surface area contributed by atoms with E-state index in [1.807, 2.05) is 24.3 Å². The van der Waals surface area contributed by atoms with Crippen LogP contribution in [0.2, 0.25) is 10.0 Å². The predicted molar refractivity (Wildman–Crippen MR) is 97.2 cm³/mol. The summed E-state index contributed by atoms with van der Waals surface area (Å²) in [6.07, 6.45) is -0.406. The lowest BCUT2D eigenvalue weighted by molar-refractivity contribution is 0.190. The fraction of sp³-hybridized carbons (Fsp3) is 0.333. The van der Waals surface area contributed by atoms with Gasteiger partial charge in [0.25, 0.3) is 0 Å². The first-order chi connectivity index (χ1) is 11.5. The van der Waals surface area contributed by atoms with Gasteiger partial charge in [-0.05, 0) is 30.7 Å². The number of aliphatic hydroxyl groups excluding tert-OH is 1. The minimum absolute atomic E-state index is 0.348. The van der Waals surface area contributed by atoms with Crippen molar-refractivity contribution in [3.05, 3.63) is 57.6 Å². The third-order valence-corrected chi connectivity index (χ3v) is 4.14. The largest absolute Gasteiger partial charge is 0.493 e. The average Bonchev–Trinajstić information content (AvgIpc) is 2.56. The smallest absolute Gasteiger partial charge is 0.166 e. The molecular weight excluding hydrogens is 349 g/mol. The van der Waals surface area contributed by atoms with E-state index in [2.05, 4.69) is 5.32 Å². The summed E-state index contributed by atoms with van der Waals surface area (Å²) in [6, 6.07) is 11.1. The van der Waals surface area contributed by atoms with E-state index in [0.717, 1.165) is 11.1 Å². The zero-order chi connectivity index (χ0) is 17.5. The molecule has 2 rings (SSSR count). The molecule has 0 fully saturated rings. The Hall–Kier alpha value is -1.46. The fourth-order valence-electron chi connectivity index (χ4n) is 2.23. The molecule has 130 valence electrons. The van der Waals surface area contributed by atoms with Gasteiger partial charge in [-0.1, -0.05) is 41.4 Å². The van der Waals surface area contributed by atoms with Gasteiger partial charge in [-0.15, -0.1) is 0 Å². The summed E-state index contributed by atoms with van der Waals surface area (Å²) in [5, 5.41) is 13.6. The van der Waals surface area contributed by atoms with E-state index in [4.69, 9.17) is 32.7 Å². The highest BCUT2D eigenvalue weighted by atomic mass is 35.5. The van der Waals surface area contributed by atoms with E-state index in [0.29, 0.717) is 41.2 Å². The molecule has 0 saturated carbocycles. The molecule has 6 heteroatoms. The summed E-state index contributed by atoms with van der Waals surface area (Å²) in [6.45, 7) is 3.16. The summed E-state index contributed by atoms with van der Waals surface area (Å²) < 4.78 is 11.4. The van der Waals surface area contributed by atoms with Crippen LogP contribution < -0.4 is 14.8 Å². The van der Waals surface area contributed by atoms with E-state index in [1.165, 1.54) is 0 Å². The van der Waals surface area contributed by atoms with E-state index >= 15 is 0 Å². The second-order valence-corrected chi connectivity index (χ2v) is 6.28. The zero-order valence-electron chi connectivity index (χ0n) is 13.7. The van der Waals surface area contributed by atoms with Crippen molar-refractivity contribution in [1.82, 2.24) is 5.32 Å². The zero-order valence-corrected chi connectivity index (χ0v) is 15.2. The summed E-state index contributed by atoms with van der Waals surface area (Å²) in [5.74, 6) is 1.33. The molecule has 0 spiro atoms. The molecule has 0 bridgehead atoms. The molecule has 2 aromatic carbocycles. The number of halogens is 2. The monoisotopic (exact) mass is 369 g/mol. The second kappa shape index (κ2) is 9.14. The lowest BCUT2D eigenvalue weighted by Crippen LogP contribution is -2.24. The first-order valence-corrected chi connectivity index (χ1v) is 8.38. The van der Waals surface area contributed by atoms with Crippen molar-refractivity contribution in [2.24, 2.45) is 0 Å². The molecule has 0 aliphatic rings. The van der Waals surface area contributed by atoms with Gasteiger partial charge in [-0.3, -0.25) is 0 Å². The van der Waals surface area contributed by atoms with Crippen molar-refractivity contribution in [3.8, 4) is 11.5 Å². The quantitative estimate of drug-likeness (QED) is 0.736. The molecule has 24 heavy (non-hydrogen) atoms. The van der Waals surface area contributed by atoms with Crippen LogP contribution in [0.5, 0.6) is 11.5 Å². The van der Waals surface area contributed by atoms with Crippen molar-refractivity contribution in [3.63, 3.8) is 0 Å². The van der Waals surface area contributed by atoms with Crippen LogP contribution in [-0.2, 0) is 13.2 Å². The second-order valence-electron chi connectivity index (χ2n) is 5.47. The van der Waals surface area contributed by atoms with Crippen LogP contribution in [-0.4, -0.2) is 24.9 Å². The molecule has 2 aromatic rings. The highest BCUT2D eigenvalue weighted by Crippen LogP contribution is 2.32. The van der Waals surface area contributed by atoms with Gasteiger partial charge in [0.05, 0.1) is 23.3 Å². The molecule has 0 aliphatic carbocycles. The third-order valence-electron chi connectivity index (χ3n) is 3.40. The van der Waals surface area contributed by atoms with Crippen molar-refractivity contribution in [1.29, 1.82) is 0 Å². The van der Waals surface area contributed by atoms with Crippen LogP contribution in [0.3, 0.4) is 0 Å². The lowest BCUT2D eigenvalue weighted by atomic mass is 10.1. The van der Waals surface area contributed by atoms with E-state index in [-0.39, 0.29) is 0 Å². The van der Waals surface area contributed by atoms with Gasteiger partial charge in [-0.25, -0.2) is 0 Å².